The number of fused-ring (bicyclic) bond motifs is 8. The first kappa shape index (κ1) is 21.0. The molecular weight excluding hydrogens is 458 g/mol. The van der Waals surface area contributed by atoms with Gasteiger partial charge in [0.2, 0.25) is 0 Å². The van der Waals surface area contributed by atoms with Crippen molar-refractivity contribution in [3.63, 3.8) is 0 Å². The Balaban J connectivity index is 1.48. The number of H-pyrrole nitrogens is 2. The van der Waals surface area contributed by atoms with Crippen LogP contribution in [0.2, 0.25) is 0 Å². The molecule has 7 heteroatoms. The van der Waals surface area contributed by atoms with E-state index in [2.05, 4.69) is 19.9 Å². The molecule has 36 heavy (non-hydrogen) atoms. The van der Waals surface area contributed by atoms with E-state index >= 15 is 0 Å². The van der Waals surface area contributed by atoms with Crippen molar-refractivity contribution in [2.75, 3.05) is 0 Å². The molecule has 0 saturated heterocycles. The Morgan fingerprint density at radius 2 is 1.44 bits per heavy atom. The highest BCUT2D eigenvalue weighted by Gasteiger charge is 2.13. The number of aromatic amines is 2. The molecule has 6 rings (SSSR count). The SMILES string of the molecule is [2H]c1c(C(C)OCc2ccc(F)c(F)c2)c2cc3nc(cc4nc(cc5ccc(cc1[nH]2)[nH]5)C=C4)C=C3. The maximum absolute atomic E-state index is 13.6. The van der Waals surface area contributed by atoms with Crippen LogP contribution in [0, 0.1) is 11.6 Å². The van der Waals surface area contributed by atoms with Crippen LogP contribution in [0.3, 0.4) is 0 Å². The first-order valence-corrected chi connectivity index (χ1v) is 11.5. The average Bonchev–Trinajstić information content (AvgIpc) is 3.65. The van der Waals surface area contributed by atoms with Crippen LogP contribution < -0.4 is 0 Å². The molecule has 0 aliphatic carbocycles. The van der Waals surface area contributed by atoms with E-state index < -0.39 is 17.7 Å². The number of hydrogen-bond donors (Lipinski definition) is 2. The molecule has 2 aliphatic rings. The molecule has 178 valence electrons. The number of nitrogens with zero attached hydrogens (tertiary/aromatic N) is 2. The smallest absolute Gasteiger partial charge is 0.159 e. The summed E-state index contributed by atoms with van der Waals surface area (Å²) in [4.78, 5) is 16.0. The number of benzene rings is 1. The van der Waals surface area contributed by atoms with E-state index in [4.69, 9.17) is 6.11 Å². The minimum absolute atomic E-state index is 0.0689. The predicted molar refractivity (Wildman–Crippen MR) is 138 cm³/mol. The maximum Gasteiger partial charge on any atom is 0.159 e. The summed E-state index contributed by atoms with van der Waals surface area (Å²) in [5.41, 5.74) is 7.33. The molecule has 0 amide bonds. The first-order valence-electron chi connectivity index (χ1n) is 12.0. The van der Waals surface area contributed by atoms with Crippen molar-refractivity contribution >= 4 is 46.4 Å². The molecule has 0 fully saturated rings. The van der Waals surface area contributed by atoms with Gasteiger partial charge in [0.1, 0.15) is 0 Å². The molecule has 5 nitrogen and oxygen atoms in total. The number of halogens is 2. The van der Waals surface area contributed by atoms with Gasteiger partial charge in [0.05, 0.1) is 36.9 Å². The zero-order valence-electron chi connectivity index (χ0n) is 20.3. The van der Waals surface area contributed by atoms with Gasteiger partial charge in [-0.05, 0) is 91.4 Å². The van der Waals surface area contributed by atoms with Crippen LogP contribution in [0.15, 0.2) is 60.6 Å². The predicted octanol–water partition coefficient (Wildman–Crippen LogP) is 7.21. The van der Waals surface area contributed by atoms with Crippen LogP contribution in [0.1, 0.15) is 48.3 Å². The molecule has 2 aliphatic heterocycles. The Hall–Kier alpha value is -4.36. The van der Waals surface area contributed by atoms with Crippen molar-refractivity contribution in [1.82, 2.24) is 19.9 Å². The number of hydrogen-bond acceptors (Lipinski definition) is 3. The summed E-state index contributed by atoms with van der Waals surface area (Å²) in [7, 11) is 0. The Bertz CT molecular complexity index is 1750. The lowest BCUT2D eigenvalue weighted by molar-refractivity contribution is 0.0534. The molecule has 2 N–H and O–H groups in total. The molecule has 3 aromatic heterocycles. The van der Waals surface area contributed by atoms with Gasteiger partial charge in [-0.3, -0.25) is 0 Å². The van der Waals surface area contributed by atoms with Crippen LogP contribution >= 0.6 is 0 Å². The second-order valence-corrected chi connectivity index (χ2v) is 8.73. The van der Waals surface area contributed by atoms with Crippen molar-refractivity contribution < 1.29 is 14.9 Å². The Morgan fingerprint density at radius 1 is 0.778 bits per heavy atom. The minimum Gasteiger partial charge on any atom is -0.369 e. The Morgan fingerprint density at radius 3 is 2.17 bits per heavy atom. The van der Waals surface area contributed by atoms with Crippen LogP contribution in [-0.4, -0.2) is 19.9 Å². The van der Waals surface area contributed by atoms with Gasteiger partial charge in [-0.25, -0.2) is 18.7 Å². The highest BCUT2D eigenvalue weighted by atomic mass is 19.2. The largest absolute Gasteiger partial charge is 0.369 e. The fourth-order valence-electron chi connectivity index (χ4n) is 4.22. The van der Waals surface area contributed by atoms with Gasteiger partial charge in [-0.1, -0.05) is 6.07 Å². The minimum atomic E-state index is -0.919. The Kier molecular flexibility index (Phi) is 5.25. The van der Waals surface area contributed by atoms with Crippen molar-refractivity contribution in [3.05, 3.63) is 106 Å². The van der Waals surface area contributed by atoms with Crippen LogP contribution in [-0.2, 0) is 11.3 Å². The van der Waals surface area contributed by atoms with Crippen LogP contribution in [0.5, 0.6) is 0 Å². The van der Waals surface area contributed by atoms with E-state index in [0.29, 0.717) is 22.2 Å². The van der Waals surface area contributed by atoms with Gasteiger partial charge in [-0.2, -0.15) is 0 Å². The number of aromatic nitrogens is 4. The Labute approximate surface area is 207 Å². The summed E-state index contributed by atoms with van der Waals surface area (Å²) in [6, 6.07) is 15.5. The first-order chi connectivity index (χ1) is 17.9. The molecule has 8 bridgehead atoms. The molecule has 5 heterocycles. The van der Waals surface area contributed by atoms with E-state index in [1.54, 1.807) is 0 Å². The summed E-state index contributed by atoms with van der Waals surface area (Å²) < 4.78 is 41.9. The zero-order valence-corrected chi connectivity index (χ0v) is 19.3. The van der Waals surface area contributed by atoms with Gasteiger partial charge in [0, 0.05) is 27.6 Å². The maximum atomic E-state index is 13.6. The van der Waals surface area contributed by atoms with Gasteiger partial charge >= 0.3 is 0 Å². The van der Waals surface area contributed by atoms with Gasteiger partial charge in [-0.15, -0.1) is 0 Å². The lowest BCUT2D eigenvalue weighted by Gasteiger charge is -2.12. The standard InChI is InChI=1S/C29H22F2N4O/c1-17(36-16-18-2-9-27(30)28(31)10-18)26-14-25-13-23-6-5-21(33-23)11-19-3-4-20(32-19)12-22-7-8-24(34-22)15-29(26)35-25/h2-15,17,33,35H,16H2,1H3/i14D. The molecule has 4 aromatic rings. The molecule has 1 atom stereocenters. The van der Waals surface area contributed by atoms with Crippen LogP contribution in [0.4, 0.5) is 8.78 Å². The lowest BCUT2D eigenvalue weighted by atomic mass is 10.1. The lowest BCUT2D eigenvalue weighted by Crippen LogP contribution is -2.00. The molecule has 1 unspecified atom stereocenters. The third kappa shape index (κ3) is 4.61. The van der Waals surface area contributed by atoms with Gasteiger partial charge < -0.3 is 14.7 Å². The quantitative estimate of drug-likeness (QED) is 0.280. The number of ether oxygens (including phenoxy) is 1. The topological polar surface area (TPSA) is 66.6 Å². The summed E-state index contributed by atoms with van der Waals surface area (Å²) in [6.45, 7) is 1.90. The summed E-state index contributed by atoms with van der Waals surface area (Å²) in [5.74, 6) is -1.82. The van der Waals surface area contributed by atoms with E-state index in [1.165, 1.54) is 6.07 Å². The average molecular weight is 482 g/mol. The van der Waals surface area contributed by atoms with Gasteiger partial charge in [0.15, 0.2) is 11.6 Å². The van der Waals surface area contributed by atoms with Crippen molar-refractivity contribution in [2.45, 2.75) is 19.6 Å². The van der Waals surface area contributed by atoms with Crippen molar-refractivity contribution in [3.8, 4) is 0 Å². The highest BCUT2D eigenvalue weighted by Crippen LogP contribution is 2.27. The van der Waals surface area contributed by atoms with E-state index in [9.17, 15) is 8.78 Å². The molecule has 0 saturated carbocycles. The summed E-state index contributed by atoms with van der Waals surface area (Å²) in [5, 5.41) is 0. The van der Waals surface area contributed by atoms with Crippen molar-refractivity contribution in [2.24, 2.45) is 0 Å². The van der Waals surface area contributed by atoms with Gasteiger partial charge in [0.25, 0.3) is 0 Å². The van der Waals surface area contributed by atoms with E-state index in [0.717, 1.165) is 45.9 Å². The highest BCUT2D eigenvalue weighted by molar-refractivity contribution is 5.78. The summed E-state index contributed by atoms with van der Waals surface area (Å²) in [6.07, 6.45) is 7.22. The molecule has 0 radical (unpaired) electrons. The number of rotatable bonds is 4. The van der Waals surface area contributed by atoms with Crippen molar-refractivity contribution in [1.29, 1.82) is 0 Å². The van der Waals surface area contributed by atoms with E-state index in [-0.39, 0.29) is 12.6 Å². The molecule has 1 aromatic carbocycles. The normalized spacial score (nSPS) is 13.7. The number of nitrogens with one attached hydrogen (secondary N) is 2. The fraction of sp³-hybridized carbons (Fsp3) is 0.103. The second-order valence-electron chi connectivity index (χ2n) is 8.73. The zero-order chi connectivity index (χ0) is 25.5. The third-order valence-corrected chi connectivity index (χ3v) is 6.01. The van der Waals surface area contributed by atoms with E-state index in [1.807, 2.05) is 67.6 Å². The third-order valence-electron chi connectivity index (χ3n) is 6.01. The second kappa shape index (κ2) is 9.02. The monoisotopic (exact) mass is 481 g/mol. The molecule has 0 spiro atoms. The van der Waals surface area contributed by atoms with Crippen LogP contribution in [0.25, 0.3) is 46.4 Å². The molecular formula is C29H22F2N4O. The summed E-state index contributed by atoms with van der Waals surface area (Å²) >= 11 is 0. The fourth-order valence-corrected chi connectivity index (χ4v) is 4.22.